The van der Waals surface area contributed by atoms with Crippen LogP contribution in [0.4, 0.5) is 0 Å². The van der Waals surface area contributed by atoms with Gasteiger partial charge in [-0.05, 0) is 44.9 Å². The highest BCUT2D eigenvalue weighted by atomic mass is 16.3. The molecule has 0 radical (unpaired) electrons. The minimum Gasteiger partial charge on any atom is -0.461 e. The van der Waals surface area contributed by atoms with Crippen LogP contribution < -0.4 is 5.32 Å². The van der Waals surface area contributed by atoms with E-state index in [1.165, 1.54) is 0 Å². The van der Waals surface area contributed by atoms with E-state index in [2.05, 4.69) is 10.2 Å². The summed E-state index contributed by atoms with van der Waals surface area (Å²) in [7, 11) is 0. The van der Waals surface area contributed by atoms with Crippen LogP contribution in [0.15, 0.2) is 28.7 Å². The van der Waals surface area contributed by atoms with Gasteiger partial charge >= 0.3 is 0 Å². The summed E-state index contributed by atoms with van der Waals surface area (Å²) in [6, 6.07) is 8.54. The Bertz CT molecular complexity index is 677. The second-order valence-corrected chi connectivity index (χ2v) is 6.17. The van der Waals surface area contributed by atoms with Crippen molar-refractivity contribution in [2.45, 2.75) is 38.3 Å². The van der Waals surface area contributed by atoms with Gasteiger partial charge < -0.3 is 14.6 Å². The number of nitrogens with one attached hydrogen (secondary N) is 1. The molecule has 0 spiro atoms. The summed E-state index contributed by atoms with van der Waals surface area (Å²) in [6.45, 7) is 3.85. The lowest BCUT2D eigenvalue weighted by molar-refractivity contribution is 0.0681. The van der Waals surface area contributed by atoms with E-state index in [1.807, 2.05) is 31.2 Å². The largest absolute Gasteiger partial charge is 0.461 e. The number of carbonyl (C=O) groups is 1. The molecule has 4 nitrogen and oxygen atoms in total. The van der Waals surface area contributed by atoms with Crippen molar-refractivity contribution >= 4 is 16.9 Å². The number of para-hydroxylation sites is 1. The molecule has 2 fully saturated rings. The Hall–Kier alpha value is -1.81. The number of aryl methyl sites for hydroxylation is 1. The van der Waals surface area contributed by atoms with Gasteiger partial charge in [-0.3, -0.25) is 4.79 Å². The van der Waals surface area contributed by atoms with Crippen molar-refractivity contribution in [2.24, 2.45) is 0 Å². The van der Waals surface area contributed by atoms with Crippen molar-refractivity contribution in [3.8, 4) is 0 Å². The van der Waals surface area contributed by atoms with Crippen molar-refractivity contribution in [1.82, 2.24) is 10.2 Å². The number of fused-ring (bicyclic) bond motifs is 3. The van der Waals surface area contributed by atoms with E-state index in [1.54, 1.807) is 0 Å². The van der Waals surface area contributed by atoms with E-state index in [0.717, 1.165) is 49.1 Å². The Morgan fingerprint density at radius 2 is 2.14 bits per heavy atom. The molecule has 2 saturated heterocycles. The van der Waals surface area contributed by atoms with Crippen LogP contribution in [0.25, 0.3) is 11.0 Å². The van der Waals surface area contributed by atoms with Crippen molar-refractivity contribution in [3.05, 3.63) is 35.6 Å². The zero-order valence-electron chi connectivity index (χ0n) is 12.3. The first-order valence-corrected chi connectivity index (χ1v) is 7.76. The molecule has 2 atom stereocenters. The van der Waals surface area contributed by atoms with Gasteiger partial charge in [0, 0.05) is 24.0 Å². The molecule has 1 aromatic carbocycles. The predicted molar refractivity (Wildman–Crippen MR) is 81.4 cm³/mol. The number of rotatable bonds is 1. The summed E-state index contributed by atoms with van der Waals surface area (Å²) in [5, 5.41) is 4.45. The molecule has 0 saturated carbocycles. The van der Waals surface area contributed by atoms with Crippen LogP contribution in [0.5, 0.6) is 0 Å². The standard InChI is InChI=1S/C17H20N2O2/c1-11-9-12-3-2-4-15(16(12)21-11)17(20)19-13-5-6-14(19)10-18-8-7-13/h2-4,9,13-14,18H,5-8,10H2,1H3/t13-,14+/m1/s1. The Balaban J connectivity index is 1.76. The molecule has 1 aromatic heterocycles. The van der Waals surface area contributed by atoms with Gasteiger partial charge in [-0.25, -0.2) is 0 Å². The molecule has 2 aliphatic heterocycles. The Labute approximate surface area is 124 Å². The Morgan fingerprint density at radius 3 is 3.05 bits per heavy atom. The van der Waals surface area contributed by atoms with Crippen molar-refractivity contribution in [2.75, 3.05) is 13.1 Å². The first-order chi connectivity index (χ1) is 10.2. The summed E-state index contributed by atoms with van der Waals surface area (Å²) in [6.07, 6.45) is 3.29. The molecular weight excluding hydrogens is 264 g/mol. The Morgan fingerprint density at radius 1 is 1.29 bits per heavy atom. The molecule has 2 bridgehead atoms. The first kappa shape index (κ1) is 12.9. The van der Waals surface area contributed by atoms with E-state index in [9.17, 15) is 4.79 Å². The van der Waals surface area contributed by atoms with Crippen LogP contribution in [-0.2, 0) is 0 Å². The lowest BCUT2D eigenvalue weighted by Gasteiger charge is -2.28. The number of hydrogen-bond donors (Lipinski definition) is 1. The predicted octanol–water partition coefficient (Wildman–Crippen LogP) is 2.71. The fourth-order valence-corrected chi connectivity index (χ4v) is 3.81. The van der Waals surface area contributed by atoms with Gasteiger partial charge in [-0.1, -0.05) is 12.1 Å². The van der Waals surface area contributed by atoms with Gasteiger partial charge in [-0.2, -0.15) is 0 Å². The number of benzene rings is 1. The monoisotopic (exact) mass is 284 g/mol. The minimum absolute atomic E-state index is 0.131. The number of amides is 1. The number of hydrogen-bond acceptors (Lipinski definition) is 3. The lowest BCUT2D eigenvalue weighted by Crippen LogP contribution is -2.42. The first-order valence-electron chi connectivity index (χ1n) is 7.76. The van der Waals surface area contributed by atoms with Gasteiger partial charge in [-0.15, -0.1) is 0 Å². The van der Waals surface area contributed by atoms with Gasteiger partial charge in [0.15, 0.2) is 0 Å². The van der Waals surface area contributed by atoms with Crippen LogP contribution in [-0.4, -0.2) is 36.0 Å². The van der Waals surface area contributed by atoms with Crippen molar-refractivity contribution in [3.63, 3.8) is 0 Å². The zero-order valence-corrected chi connectivity index (χ0v) is 12.3. The summed E-state index contributed by atoms with van der Waals surface area (Å²) in [4.78, 5) is 15.2. The van der Waals surface area contributed by atoms with E-state index in [4.69, 9.17) is 4.42 Å². The molecule has 110 valence electrons. The highest BCUT2D eigenvalue weighted by Crippen LogP contribution is 2.32. The van der Waals surface area contributed by atoms with Crippen LogP contribution in [0.2, 0.25) is 0 Å². The van der Waals surface area contributed by atoms with Gasteiger partial charge in [0.2, 0.25) is 0 Å². The third-order valence-electron chi connectivity index (χ3n) is 4.79. The molecule has 1 amide bonds. The maximum atomic E-state index is 13.1. The summed E-state index contributed by atoms with van der Waals surface area (Å²) >= 11 is 0. The highest BCUT2D eigenvalue weighted by molar-refractivity contribution is 6.05. The van der Waals surface area contributed by atoms with Gasteiger partial charge in [0.25, 0.3) is 5.91 Å². The summed E-state index contributed by atoms with van der Waals surface area (Å²) in [5.74, 6) is 0.983. The van der Waals surface area contributed by atoms with E-state index in [0.29, 0.717) is 17.6 Å². The third-order valence-corrected chi connectivity index (χ3v) is 4.79. The average Bonchev–Trinajstić information content (AvgIpc) is 2.95. The maximum Gasteiger partial charge on any atom is 0.258 e. The smallest absolute Gasteiger partial charge is 0.258 e. The van der Waals surface area contributed by atoms with E-state index < -0.39 is 0 Å². The fraction of sp³-hybridized carbons (Fsp3) is 0.471. The van der Waals surface area contributed by atoms with E-state index >= 15 is 0 Å². The quantitative estimate of drug-likeness (QED) is 0.875. The highest BCUT2D eigenvalue weighted by Gasteiger charge is 2.39. The maximum absolute atomic E-state index is 13.1. The van der Waals surface area contributed by atoms with Crippen LogP contribution in [0.1, 0.15) is 35.4 Å². The van der Waals surface area contributed by atoms with Crippen LogP contribution >= 0.6 is 0 Å². The topological polar surface area (TPSA) is 45.5 Å². The molecule has 3 heterocycles. The normalized spacial score (nSPS) is 25.3. The Kier molecular flexibility index (Phi) is 3.00. The number of nitrogens with zero attached hydrogens (tertiary/aromatic N) is 1. The number of carbonyl (C=O) groups excluding carboxylic acids is 1. The summed E-state index contributed by atoms with van der Waals surface area (Å²) in [5.41, 5.74) is 1.44. The molecular formula is C17H20N2O2. The molecule has 0 aliphatic carbocycles. The molecule has 2 aromatic rings. The molecule has 4 rings (SSSR count). The van der Waals surface area contributed by atoms with Crippen LogP contribution in [0.3, 0.4) is 0 Å². The second-order valence-electron chi connectivity index (χ2n) is 6.17. The SMILES string of the molecule is Cc1cc2cccc(C(=O)N3[C@H]4CCNC[C@@H]3CC4)c2o1. The molecule has 0 unspecified atom stereocenters. The molecule has 4 heteroatoms. The van der Waals surface area contributed by atoms with E-state index in [-0.39, 0.29) is 5.91 Å². The average molecular weight is 284 g/mol. The molecule has 1 N–H and O–H groups in total. The third kappa shape index (κ3) is 2.05. The van der Waals surface area contributed by atoms with Gasteiger partial charge in [0.1, 0.15) is 11.3 Å². The zero-order chi connectivity index (χ0) is 14.4. The van der Waals surface area contributed by atoms with Crippen LogP contribution in [0, 0.1) is 6.92 Å². The van der Waals surface area contributed by atoms with Crippen molar-refractivity contribution < 1.29 is 9.21 Å². The lowest BCUT2D eigenvalue weighted by atomic mass is 10.1. The minimum atomic E-state index is 0.131. The van der Waals surface area contributed by atoms with Crippen molar-refractivity contribution in [1.29, 1.82) is 0 Å². The summed E-state index contributed by atoms with van der Waals surface area (Å²) < 4.78 is 5.77. The second kappa shape index (κ2) is 4.88. The molecule has 2 aliphatic rings. The number of furan rings is 1. The molecule has 21 heavy (non-hydrogen) atoms. The fourth-order valence-electron chi connectivity index (χ4n) is 3.81. The van der Waals surface area contributed by atoms with Gasteiger partial charge in [0.05, 0.1) is 5.56 Å².